The van der Waals surface area contributed by atoms with E-state index in [2.05, 4.69) is 17.1 Å². The molecule has 176 valence electrons. The lowest BCUT2D eigenvalue weighted by Gasteiger charge is -2.30. The van der Waals surface area contributed by atoms with Crippen LogP contribution in [0.25, 0.3) is 0 Å². The van der Waals surface area contributed by atoms with Crippen molar-refractivity contribution in [3.05, 3.63) is 58.4 Å². The Morgan fingerprint density at radius 2 is 2.15 bits per heavy atom. The summed E-state index contributed by atoms with van der Waals surface area (Å²) < 4.78 is 14.3. The number of hydrogen-bond acceptors (Lipinski definition) is 4. The molecule has 0 aliphatic carbocycles. The lowest BCUT2D eigenvalue weighted by Crippen LogP contribution is -2.37. The molecule has 2 aromatic carbocycles. The maximum absolute atomic E-state index is 14.3. The van der Waals surface area contributed by atoms with Gasteiger partial charge in [0.1, 0.15) is 5.82 Å². The van der Waals surface area contributed by atoms with Gasteiger partial charge in [-0.1, -0.05) is 24.6 Å². The lowest BCUT2D eigenvalue weighted by molar-refractivity contribution is -0.116. The van der Waals surface area contributed by atoms with E-state index in [0.717, 1.165) is 36.9 Å². The number of carbonyl (C=O) groups is 2. The first-order valence-corrected chi connectivity index (χ1v) is 12.8. The molecule has 2 aromatic rings. The standard InChI is InChI=1S/C25H29ClFN3O2S/c1-17-5-3-11-29(14-17)12-4-10-28-25(32)18-8-9-23-22(13-18)30(24(31)16-33-23)15-19-20(26)6-2-7-21(19)27/h2,6-9,13,17H,3-5,10-12,14-16H2,1H3,(H,28,32)/t17-/m1/s1. The number of thioether (sulfide) groups is 1. The maximum Gasteiger partial charge on any atom is 0.251 e. The second kappa shape index (κ2) is 10.9. The SMILES string of the molecule is C[C@@H]1CCCN(CCCNC(=O)c2ccc3c(c2)N(Cc2c(F)cccc2Cl)C(=O)CS3)C1. The maximum atomic E-state index is 14.3. The van der Waals surface area contributed by atoms with E-state index in [-0.39, 0.29) is 34.7 Å². The van der Waals surface area contributed by atoms with Gasteiger partial charge in [-0.3, -0.25) is 9.59 Å². The van der Waals surface area contributed by atoms with Gasteiger partial charge in [-0.2, -0.15) is 0 Å². The van der Waals surface area contributed by atoms with E-state index >= 15 is 0 Å². The minimum absolute atomic E-state index is 0.0250. The molecule has 0 spiro atoms. The van der Waals surface area contributed by atoms with Crippen LogP contribution in [0.4, 0.5) is 10.1 Å². The summed E-state index contributed by atoms with van der Waals surface area (Å²) in [5.41, 5.74) is 1.37. The Morgan fingerprint density at radius 3 is 2.94 bits per heavy atom. The van der Waals surface area contributed by atoms with Crippen LogP contribution in [0.5, 0.6) is 0 Å². The number of halogens is 2. The van der Waals surface area contributed by atoms with Crippen LogP contribution in [-0.2, 0) is 11.3 Å². The summed E-state index contributed by atoms with van der Waals surface area (Å²) in [6, 6.07) is 9.83. The molecule has 0 saturated carbocycles. The predicted molar refractivity (Wildman–Crippen MR) is 132 cm³/mol. The Kier molecular flexibility index (Phi) is 7.94. The normalized spacial score (nSPS) is 18.8. The Hall–Kier alpha value is -2.09. The molecule has 0 unspecified atom stereocenters. The summed E-state index contributed by atoms with van der Waals surface area (Å²) in [5.74, 6) is 0.246. The molecular weight excluding hydrogens is 461 g/mol. The third kappa shape index (κ3) is 5.89. The third-order valence-electron chi connectivity index (χ3n) is 6.22. The quantitative estimate of drug-likeness (QED) is 0.558. The van der Waals surface area contributed by atoms with E-state index in [1.54, 1.807) is 18.2 Å². The Bertz CT molecular complexity index is 1010. The monoisotopic (exact) mass is 489 g/mol. The second-order valence-electron chi connectivity index (χ2n) is 8.81. The van der Waals surface area contributed by atoms with Crippen LogP contribution in [0.15, 0.2) is 41.3 Å². The first-order chi connectivity index (χ1) is 15.9. The molecular formula is C25H29ClFN3O2S. The molecule has 2 aliphatic rings. The van der Waals surface area contributed by atoms with Gasteiger partial charge in [0.15, 0.2) is 0 Å². The van der Waals surface area contributed by atoms with Crippen molar-refractivity contribution in [1.82, 2.24) is 10.2 Å². The van der Waals surface area contributed by atoms with Gasteiger partial charge >= 0.3 is 0 Å². The van der Waals surface area contributed by atoms with Crippen LogP contribution in [0, 0.1) is 11.7 Å². The van der Waals surface area contributed by atoms with Crippen LogP contribution in [-0.4, -0.2) is 48.6 Å². The molecule has 0 bridgehead atoms. The fourth-order valence-corrected chi connectivity index (χ4v) is 5.59. The van der Waals surface area contributed by atoms with Crippen LogP contribution >= 0.6 is 23.4 Å². The summed E-state index contributed by atoms with van der Waals surface area (Å²) in [7, 11) is 0. The highest BCUT2D eigenvalue weighted by molar-refractivity contribution is 8.00. The largest absolute Gasteiger partial charge is 0.352 e. The van der Waals surface area contributed by atoms with Crippen molar-refractivity contribution in [2.75, 3.05) is 36.8 Å². The molecule has 4 rings (SSSR count). The minimum atomic E-state index is -0.452. The number of anilines is 1. The highest BCUT2D eigenvalue weighted by Crippen LogP contribution is 2.37. The number of piperidine rings is 1. The zero-order valence-electron chi connectivity index (χ0n) is 18.8. The van der Waals surface area contributed by atoms with Gasteiger partial charge in [0.05, 0.1) is 18.0 Å². The van der Waals surface area contributed by atoms with Crippen molar-refractivity contribution < 1.29 is 14.0 Å². The highest BCUT2D eigenvalue weighted by Gasteiger charge is 2.27. The van der Waals surface area contributed by atoms with Crippen LogP contribution in [0.1, 0.15) is 42.1 Å². The van der Waals surface area contributed by atoms with Crippen LogP contribution in [0.2, 0.25) is 5.02 Å². The van der Waals surface area contributed by atoms with Crippen LogP contribution in [0.3, 0.4) is 0 Å². The van der Waals surface area contributed by atoms with E-state index in [0.29, 0.717) is 17.8 Å². The Labute approximate surface area is 203 Å². The number of nitrogens with one attached hydrogen (secondary N) is 1. The van der Waals surface area contributed by atoms with E-state index in [1.165, 1.54) is 41.6 Å². The number of rotatable bonds is 7. The van der Waals surface area contributed by atoms with Gasteiger partial charge < -0.3 is 15.1 Å². The van der Waals surface area contributed by atoms with Gasteiger partial charge in [-0.05, 0) is 68.6 Å². The number of amides is 2. The molecule has 5 nitrogen and oxygen atoms in total. The molecule has 0 aromatic heterocycles. The van der Waals surface area contributed by atoms with E-state index in [9.17, 15) is 14.0 Å². The number of fused-ring (bicyclic) bond motifs is 1. The molecule has 8 heteroatoms. The average molecular weight is 490 g/mol. The van der Waals surface area contributed by atoms with Crippen molar-refractivity contribution >= 4 is 40.9 Å². The number of nitrogens with zero attached hydrogens (tertiary/aromatic N) is 2. The Morgan fingerprint density at radius 1 is 1.30 bits per heavy atom. The smallest absolute Gasteiger partial charge is 0.251 e. The minimum Gasteiger partial charge on any atom is -0.352 e. The van der Waals surface area contributed by atoms with Crippen molar-refractivity contribution in [2.45, 2.75) is 37.6 Å². The number of likely N-dealkylation sites (tertiary alicyclic amines) is 1. The summed E-state index contributed by atoms with van der Waals surface area (Å²) in [6.07, 6.45) is 3.44. The molecule has 1 fully saturated rings. The average Bonchev–Trinajstić information content (AvgIpc) is 2.80. The fourth-order valence-electron chi connectivity index (χ4n) is 4.45. The summed E-state index contributed by atoms with van der Waals surface area (Å²) >= 11 is 7.61. The molecule has 1 N–H and O–H groups in total. The Balaban J connectivity index is 1.41. The van der Waals surface area contributed by atoms with Gasteiger partial charge in [0.25, 0.3) is 5.91 Å². The second-order valence-corrected chi connectivity index (χ2v) is 10.2. The first-order valence-electron chi connectivity index (χ1n) is 11.4. The van der Waals surface area contributed by atoms with E-state index < -0.39 is 5.82 Å². The molecule has 2 amide bonds. The van der Waals surface area contributed by atoms with Gasteiger partial charge in [0, 0.05) is 34.1 Å². The van der Waals surface area contributed by atoms with Crippen molar-refractivity contribution in [3.8, 4) is 0 Å². The topological polar surface area (TPSA) is 52.7 Å². The van der Waals surface area contributed by atoms with E-state index in [1.807, 2.05) is 6.07 Å². The molecule has 0 radical (unpaired) electrons. The van der Waals surface area contributed by atoms with Gasteiger partial charge in [-0.25, -0.2) is 4.39 Å². The lowest BCUT2D eigenvalue weighted by atomic mass is 10.0. The highest BCUT2D eigenvalue weighted by atomic mass is 35.5. The van der Waals surface area contributed by atoms with Gasteiger partial charge in [0.2, 0.25) is 5.91 Å². The molecule has 2 heterocycles. The van der Waals surface area contributed by atoms with Crippen LogP contribution < -0.4 is 10.2 Å². The molecule has 1 atom stereocenters. The third-order valence-corrected chi connectivity index (χ3v) is 7.62. The molecule has 33 heavy (non-hydrogen) atoms. The van der Waals surface area contributed by atoms with E-state index in [4.69, 9.17) is 11.6 Å². The fraction of sp³-hybridized carbons (Fsp3) is 0.440. The predicted octanol–water partition coefficient (Wildman–Crippen LogP) is 4.97. The summed E-state index contributed by atoms with van der Waals surface area (Å²) in [4.78, 5) is 30.3. The molecule has 1 saturated heterocycles. The summed E-state index contributed by atoms with van der Waals surface area (Å²) in [6.45, 7) is 6.16. The molecule has 2 aliphatic heterocycles. The van der Waals surface area contributed by atoms with Crippen molar-refractivity contribution in [2.24, 2.45) is 5.92 Å². The van der Waals surface area contributed by atoms with Crippen molar-refractivity contribution in [3.63, 3.8) is 0 Å². The zero-order valence-corrected chi connectivity index (χ0v) is 20.4. The first kappa shape index (κ1) is 24.0. The summed E-state index contributed by atoms with van der Waals surface area (Å²) in [5, 5.41) is 3.27. The number of carbonyl (C=O) groups excluding carboxylic acids is 2. The number of benzene rings is 2. The van der Waals surface area contributed by atoms with Gasteiger partial charge in [-0.15, -0.1) is 11.8 Å². The zero-order chi connectivity index (χ0) is 23.4. The number of hydrogen-bond donors (Lipinski definition) is 1. The van der Waals surface area contributed by atoms with Crippen molar-refractivity contribution in [1.29, 1.82) is 0 Å².